The van der Waals surface area contributed by atoms with Crippen LogP contribution in [0.5, 0.6) is 0 Å². The zero-order valence-electron chi connectivity index (χ0n) is 10.2. The number of hydrogen-bond acceptors (Lipinski definition) is 3. The first kappa shape index (κ1) is 12.1. The monoisotopic (exact) mass is 234 g/mol. The van der Waals surface area contributed by atoms with Gasteiger partial charge in [0.25, 0.3) is 0 Å². The van der Waals surface area contributed by atoms with Crippen molar-refractivity contribution in [3.8, 4) is 0 Å². The molecule has 0 bridgehead atoms. The molecule has 0 saturated carbocycles. The van der Waals surface area contributed by atoms with E-state index >= 15 is 0 Å². The van der Waals surface area contributed by atoms with Gasteiger partial charge in [0, 0.05) is 25.7 Å². The third kappa shape index (κ3) is 2.48. The summed E-state index contributed by atoms with van der Waals surface area (Å²) < 4.78 is 0. The van der Waals surface area contributed by atoms with E-state index in [1.807, 2.05) is 13.0 Å². The number of nitrogens with zero attached hydrogens (tertiary/aromatic N) is 1. The Morgan fingerprint density at radius 1 is 1.53 bits per heavy atom. The largest absolute Gasteiger partial charge is 0.478 e. The average molecular weight is 234 g/mol. The fraction of sp³-hybridized carbons (Fsp3) is 0.462. The van der Waals surface area contributed by atoms with Crippen LogP contribution in [0, 0.1) is 6.92 Å². The molecular formula is C13H18N2O2. The Kier molecular flexibility index (Phi) is 3.45. The second kappa shape index (κ2) is 4.85. The van der Waals surface area contributed by atoms with Gasteiger partial charge in [-0.05, 0) is 31.2 Å². The molecule has 1 aliphatic rings. The Balaban J connectivity index is 2.39. The molecule has 0 amide bonds. The van der Waals surface area contributed by atoms with Gasteiger partial charge < -0.3 is 15.3 Å². The summed E-state index contributed by atoms with van der Waals surface area (Å²) in [5, 5.41) is 12.6. The highest BCUT2D eigenvalue weighted by atomic mass is 16.4. The molecule has 92 valence electrons. The molecule has 0 radical (unpaired) electrons. The fourth-order valence-electron chi connectivity index (χ4n) is 2.42. The predicted octanol–water partition coefficient (Wildman–Crippen LogP) is 1.27. The number of likely N-dealkylation sites (N-methyl/N-ethyl adjacent to an activating group) is 1. The predicted molar refractivity (Wildman–Crippen MR) is 66.4 cm³/mol. The van der Waals surface area contributed by atoms with Crippen molar-refractivity contribution >= 4 is 5.97 Å². The Labute approximate surface area is 101 Å². The maximum Gasteiger partial charge on any atom is 0.336 e. The van der Waals surface area contributed by atoms with Crippen LogP contribution in [0.1, 0.15) is 27.5 Å². The quantitative estimate of drug-likeness (QED) is 0.809. The van der Waals surface area contributed by atoms with Crippen LogP contribution in [0.2, 0.25) is 0 Å². The third-order valence-electron chi connectivity index (χ3n) is 3.28. The van der Waals surface area contributed by atoms with Crippen LogP contribution in [0.15, 0.2) is 18.2 Å². The number of benzene rings is 1. The van der Waals surface area contributed by atoms with Crippen LogP contribution < -0.4 is 5.32 Å². The lowest BCUT2D eigenvalue weighted by Crippen LogP contribution is -2.44. The maximum absolute atomic E-state index is 11.3. The van der Waals surface area contributed by atoms with E-state index in [9.17, 15) is 9.90 Å². The Morgan fingerprint density at radius 3 is 2.94 bits per heavy atom. The van der Waals surface area contributed by atoms with Gasteiger partial charge in [0.2, 0.25) is 0 Å². The van der Waals surface area contributed by atoms with Gasteiger partial charge in [-0.2, -0.15) is 0 Å². The van der Waals surface area contributed by atoms with E-state index < -0.39 is 5.97 Å². The molecule has 1 aromatic rings. The van der Waals surface area contributed by atoms with E-state index in [1.165, 1.54) is 0 Å². The highest BCUT2D eigenvalue weighted by Crippen LogP contribution is 2.24. The van der Waals surface area contributed by atoms with Crippen LogP contribution in [0.4, 0.5) is 0 Å². The zero-order chi connectivity index (χ0) is 12.4. The number of aryl methyl sites for hydroxylation is 1. The van der Waals surface area contributed by atoms with Crippen LogP contribution >= 0.6 is 0 Å². The smallest absolute Gasteiger partial charge is 0.336 e. The molecule has 1 fully saturated rings. The fourth-order valence-corrected chi connectivity index (χ4v) is 2.42. The van der Waals surface area contributed by atoms with E-state index in [0.29, 0.717) is 5.56 Å². The first-order valence-corrected chi connectivity index (χ1v) is 5.84. The molecule has 0 spiro atoms. The van der Waals surface area contributed by atoms with Gasteiger partial charge in [-0.3, -0.25) is 0 Å². The molecule has 1 aromatic carbocycles. The van der Waals surface area contributed by atoms with Gasteiger partial charge in [-0.15, -0.1) is 0 Å². The van der Waals surface area contributed by atoms with Gasteiger partial charge >= 0.3 is 5.97 Å². The number of piperazine rings is 1. The number of hydrogen-bond donors (Lipinski definition) is 2. The Bertz CT molecular complexity index is 431. The average Bonchev–Trinajstić information content (AvgIpc) is 2.28. The van der Waals surface area contributed by atoms with Crippen LogP contribution in [0.25, 0.3) is 0 Å². The topological polar surface area (TPSA) is 52.6 Å². The number of aromatic carboxylic acids is 1. The minimum atomic E-state index is -0.848. The summed E-state index contributed by atoms with van der Waals surface area (Å²) in [6.45, 7) is 4.72. The Hall–Kier alpha value is -1.39. The highest BCUT2D eigenvalue weighted by molar-refractivity contribution is 5.90. The molecule has 1 heterocycles. The molecule has 1 atom stereocenters. The lowest BCUT2D eigenvalue weighted by Gasteiger charge is -2.32. The normalized spacial score (nSPS) is 21.4. The molecule has 4 nitrogen and oxygen atoms in total. The van der Waals surface area contributed by atoms with Crippen molar-refractivity contribution in [1.29, 1.82) is 0 Å². The molecule has 0 aliphatic carbocycles. The van der Waals surface area contributed by atoms with Crippen molar-refractivity contribution in [1.82, 2.24) is 10.2 Å². The molecule has 2 N–H and O–H groups in total. The number of nitrogens with one attached hydrogen (secondary N) is 1. The molecular weight excluding hydrogens is 216 g/mol. The molecule has 1 saturated heterocycles. The van der Waals surface area contributed by atoms with Crippen molar-refractivity contribution in [2.45, 2.75) is 13.0 Å². The van der Waals surface area contributed by atoms with Gasteiger partial charge in [-0.25, -0.2) is 4.79 Å². The minimum Gasteiger partial charge on any atom is -0.478 e. The number of carboxylic acids is 1. The Morgan fingerprint density at radius 2 is 2.29 bits per heavy atom. The number of carbonyl (C=O) groups is 1. The molecule has 0 aromatic heterocycles. The standard InChI is InChI=1S/C13H18N2O2/c1-9-4-3-5-10(13(16)17)12(9)11-8-15(2)7-6-14-11/h3-5,11,14H,6-8H2,1-2H3,(H,16,17). The van der Waals surface area contributed by atoms with Crippen LogP contribution in [-0.2, 0) is 0 Å². The SMILES string of the molecule is Cc1cccc(C(=O)O)c1C1CN(C)CCN1. The van der Waals surface area contributed by atoms with Crippen LogP contribution in [-0.4, -0.2) is 42.7 Å². The van der Waals surface area contributed by atoms with Crippen molar-refractivity contribution < 1.29 is 9.90 Å². The summed E-state index contributed by atoms with van der Waals surface area (Å²) in [5.74, 6) is -0.848. The highest BCUT2D eigenvalue weighted by Gasteiger charge is 2.24. The first-order chi connectivity index (χ1) is 8.09. The number of carboxylic acid groups (broad SMARTS) is 1. The van der Waals surface area contributed by atoms with Crippen LogP contribution in [0.3, 0.4) is 0 Å². The van der Waals surface area contributed by atoms with E-state index in [0.717, 1.165) is 30.8 Å². The first-order valence-electron chi connectivity index (χ1n) is 5.84. The van der Waals surface area contributed by atoms with Crippen molar-refractivity contribution in [2.75, 3.05) is 26.7 Å². The van der Waals surface area contributed by atoms with Gasteiger partial charge in [0.05, 0.1) is 5.56 Å². The zero-order valence-corrected chi connectivity index (χ0v) is 10.2. The maximum atomic E-state index is 11.3. The lowest BCUT2D eigenvalue weighted by molar-refractivity contribution is 0.0693. The van der Waals surface area contributed by atoms with Gasteiger partial charge in [0.15, 0.2) is 0 Å². The molecule has 2 rings (SSSR count). The summed E-state index contributed by atoms with van der Waals surface area (Å²) >= 11 is 0. The van der Waals surface area contributed by atoms with E-state index in [1.54, 1.807) is 12.1 Å². The molecule has 4 heteroatoms. The van der Waals surface area contributed by atoms with E-state index in [-0.39, 0.29) is 6.04 Å². The van der Waals surface area contributed by atoms with Gasteiger partial charge in [0.1, 0.15) is 0 Å². The summed E-state index contributed by atoms with van der Waals surface area (Å²) in [6.07, 6.45) is 0. The van der Waals surface area contributed by atoms with E-state index in [2.05, 4.69) is 17.3 Å². The molecule has 1 aliphatic heterocycles. The number of rotatable bonds is 2. The van der Waals surface area contributed by atoms with E-state index in [4.69, 9.17) is 0 Å². The molecule has 1 unspecified atom stereocenters. The van der Waals surface area contributed by atoms with Crippen molar-refractivity contribution in [2.24, 2.45) is 0 Å². The third-order valence-corrected chi connectivity index (χ3v) is 3.28. The summed E-state index contributed by atoms with van der Waals surface area (Å²) in [7, 11) is 2.06. The lowest BCUT2D eigenvalue weighted by atomic mass is 9.94. The minimum absolute atomic E-state index is 0.112. The second-order valence-corrected chi connectivity index (χ2v) is 4.61. The summed E-state index contributed by atoms with van der Waals surface area (Å²) in [4.78, 5) is 13.5. The van der Waals surface area contributed by atoms with Crippen molar-refractivity contribution in [3.05, 3.63) is 34.9 Å². The summed E-state index contributed by atoms with van der Waals surface area (Å²) in [5.41, 5.74) is 2.38. The van der Waals surface area contributed by atoms with Crippen molar-refractivity contribution in [3.63, 3.8) is 0 Å². The summed E-state index contributed by atoms with van der Waals surface area (Å²) in [6, 6.07) is 5.56. The second-order valence-electron chi connectivity index (χ2n) is 4.61. The molecule has 17 heavy (non-hydrogen) atoms. The van der Waals surface area contributed by atoms with Gasteiger partial charge in [-0.1, -0.05) is 12.1 Å².